The summed E-state index contributed by atoms with van der Waals surface area (Å²) in [5.41, 5.74) is 7.02. The molecule has 92 valence electrons. The highest BCUT2D eigenvalue weighted by atomic mass is 35.5. The van der Waals surface area contributed by atoms with Crippen molar-refractivity contribution in [1.29, 1.82) is 0 Å². The maximum Gasteiger partial charge on any atom is 0.223 e. The molecule has 5 heteroatoms. The van der Waals surface area contributed by atoms with Gasteiger partial charge in [-0.1, -0.05) is 18.2 Å². The number of nitrogens with zero attached hydrogens (tertiary/aromatic N) is 2. The number of hydrogen-bond acceptors (Lipinski definition) is 2. The van der Waals surface area contributed by atoms with Crippen molar-refractivity contribution in [2.45, 2.75) is 26.3 Å². The van der Waals surface area contributed by atoms with E-state index in [9.17, 15) is 4.79 Å². The summed E-state index contributed by atoms with van der Waals surface area (Å²) >= 11 is 0. The van der Waals surface area contributed by atoms with Gasteiger partial charge in [-0.25, -0.2) is 0 Å². The molecular weight excluding hydrogens is 238 g/mol. The van der Waals surface area contributed by atoms with Gasteiger partial charge in [0.1, 0.15) is 0 Å². The predicted octanol–water partition coefficient (Wildman–Crippen LogP) is 2.07. The van der Waals surface area contributed by atoms with Gasteiger partial charge in [-0.3, -0.25) is 9.48 Å². The monoisotopic (exact) mass is 253 g/mol. The summed E-state index contributed by atoms with van der Waals surface area (Å²) in [5, 5.41) is 5.45. The zero-order valence-electron chi connectivity index (χ0n) is 9.88. The standard InChI is InChI=1S/C12H15N3O.ClH/c1-8(2)15-11-6-4-3-5-9(11)10(14-15)7-12(13)16;/h3-6,8H,7H2,1-2H3,(H2,13,16);1H. The highest BCUT2D eigenvalue weighted by Gasteiger charge is 2.13. The van der Waals surface area contributed by atoms with E-state index < -0.39 is 0 Å². The molecule has 1 aromatic heterocycles. The van der Waals surface area contributed by atoms with Crippen molar-refractivity contribution in [2.75, 3.05) is 0 Å². The molecule has 2 N–H and O–H groups in total. The number of hydrogen-bond donors (Lipinski definition) is 1. The molecule has 0 aliphatic carbocycles. The van der Waals surface area contributed by atoms with Crippen molar-refractivity contribution in [3.63, 3.8) is 0 Å². The number of aromatic nitrogens is 2. The summed E-state index contributed by atoms with van der Waals surface area (Å²) in [5.74, 6) is -0.348. The second-order valence-electron chi connectivity index (χ2n) is 4.15. The van der Waals surface area contributed by atoms with Gasteiger partial charge in [-0.05, 0) is 19.9 Å². The molecule has 0 aliphatic rings. The lowest BCUT2D eigenvalue weighted by molar-refractivity contribution is -0.117. The molecular formula is C12H16ClN3O. The summed E-state index contributed by atoms with van der Waals surface area (Å²) in [4.78, 5) is 11.0. The van der Waals surface area contributed by atoms with Crippen LogP contribution in [0.15, 0.2) is 24.3 Å². The quantitative estimate of drug-likeness (QED) is 0.910. The predicted molar refractivity (Wildman–Crippen MR) is 70.3 cm³/mol. The fourth-order valence-electron chi connectivity index (χ4n) is 1.84. The Kier molecular flexibility index (Phi) is 4.12. The fourth-order valence-corrected chi connectivity index (χ4v) is 1.84. The minimum absolute atomic E-state index is 0. The number of amides is 1. The third kappa shape index (κ3) is 2.58. The number of nitrogens with two attached hydrogens (primary N) is 1. The van der Waals surface area contributed by atoms with Crippen LogP contribution in [0.25, 0.3) is 10.9 Å². The summed E-state index contributed by atoms with van der Waals surface area (Å²) in [6, 6.07) is 8.16. The van der Waals surface area contributed by atoms with Crippen molar-refractivity contribution < 1.29 is 4.79 Å². The first-order valence-electron chi connectivity index (χ1n) is 5.34. The van der Waals surface area contributed by atoms with Crippen LogP contribution >= 0.6 is 12.4 Å². The van der Waals surface area contributed by atoms with E-state index in [1.165, 1.54) is 0 Å². The molecule has 1 aromatic carbocycles. The van der Waals surface area contributed by atoms with Crippen molar-refractivity contribution in [2.24, 2.45) is 5.73 Å². The Morgan fingerprint density at radius 3 is 2.65 bits per heavy atom. The third-order valence-corrected chi connectivity index (χ3v) is 2.52. The van der Waals surface area contributed by atoms with E-state index in [1.807, 2.05) is 28.9 Å². The van der Waals surface area contributed by atoms with Crippen molar-refractivity contribution in [3.05, 3.63) is 30.0 Å². The van der Waals surface area contributed by atoms with Crippen LogP contribution in [0.3, 0.4) is 0 Å². The van der Waals surface area contributed by atoms with Gasteiger partial charge in [-0.2, -0.15) is 5.10 Å². The summed E-state index contributed by atoms with van der Waals surface area (Å²) in [7, 11) is 0. The molecule has 0 saturated heterocycles. The molecule has 4 nitrogen and oxygen atoms in total. The Morgan fingerprint density at radius 2 is 2.06 bits per heavy atom. The number of primary amides is 1. The molecule has 17 heavy (non-hydrogen) atoms. The Morgan fingerprint density at radius 1 is 1.41 bits per heavy atom. The number of benzene rings is 1. The molecule has 0 radical (unpaired) electrons. The SMILES string of the molecule is CC(C)n1nc(CC(N)=O)c2ccccc21.Cl. The van der Waals surface area contributed by atoms with Crippen LogP contribution in [0.1, 0.15) is 25.6 Å². The number of halogens is 1. The topological polar surface area (TPSA) is 60.9 Å². The largest absolute Gasteiger partial charge is 0.369 e. The molecule has 0 atom stereocenters. The molecule has 2 aromatic rings. The Hall–Kier alpha value is -1.55. The molecule has 0 spiro atoms. The number of rotatable bonds is 3. The number of carbonyl (C=O) groups excluding carboxylic acids is 1. The average molecular weight is 254 g/mol. The Balaban J connectivity index is 0.00000144. The highest BCUT2D eigenvalue weighted by molar-refractivity contribution is 5.87. The van der Waals surface area contributed by atoms with E-state index in [-0.39, 0.29) is 30.8 Å². The van der Waals surface area contributed by atoms with E-state index in [0.717, 1.165) is 16.6 Å². The minimum Gasteiger partial charge on any atom is -0.369 e. The van der Waals surface area contributed by atoms with Gasteiger partial charge in [0.2, 0.25) is 5.91 Å². The van der Waals surface area contributed by atoms with Crippen molar-refractivity contribution >= 4 is 29.2 Å². The number of para-hydroxylation sites is 1. The summed E-state index contributed by atoms with van der Waals surface area (Å²) in [6.07, 6.45) is 0.195. The van der Waals surface area contributed by atoms with Crippen molar-refractivity contribution in [3.8, 4) is 0 Å². The maximum absolute atomic E-state index is 11.0. The zero-order valence-corrected chi connectivity index (χ0v) is 10.7. The van der Waals surface area contributed by atoms with E-state index in [1.54, 1.807) is 0 Å². The first-order valence-corrected chi connectivity index (χ1v) is 5.34. The van der Waals surface area contributed by atoms with Gasteiger partial charge in [0.25, 0.3) is 0 Å². The molecule has 0 fully saturated rings. The lowest BCUT2D eigenvalue weighted by Crippen LogP contribution is -2.14. The highest BCUT2D eigenvalue weighted by Crippen LogP contribution is 2.21. The smallest absolute Gasteiger partial charge is 0.223 e. The number of carbonyl (C=O) groups is 1. The number of fused-ring (bicyclic) bond motifs is 1. The maximum atomic E-state index is 11.0. The van der Waals surface area contributed by atoms with Crippen LogP contribution in [0, 0.1) is 0 Å². The molecule has 0 unspecified atom stereocenters. The third-order valence-electron chi connectivity index (χ3n) is 2.52. The molecule has 1 heterocycles. The van der Waals surface area contributed by atoms with Crippen LogP contribution < -0.4 is 5.73 Å². The van der Waals surface area contributed by atoms with Gasteiger partial charge in [0, 0.05) is 11.4 Å². The lowest BCUT2D eigenvalue weighted by Gasteiger charge is -2.06. The molecule has 0 aliphatic heterocycles. The Bertz CT molecular complexity index is 534. The lowest BCUT2D eigenvalue weighted by atomic mass is 10.1. The van der Waals surface area contributed by atoms with Crippen LogP contribution in [0.2, 0.25) is 0 Å². The van der Waals surface area contributed by atoms with E-state index in [0.29, 0.717) is 0 Å². The normalized spacial score (nSPS) is 10.5. The van der Waals surface area contributed by atoms with Crippen LogP contribution in [0.4, 0.5) is 0 Å². The van der Waals surface area contributed by atoms with Crippen LogP contribution in [-0.4, -0.2) is 15.7 Å². The average Bonchev–Trinajstić information content (AvgIpc) is 2.57. The van der Waals surface area contributed by atoms with Gasteiger partial charge in [0.15, 0.2) is 0 Å². The van der Waals surface area contributed by atoms with Crippen LogP contribution in [0.5, 0.6) is 0 Å². The molecule has 2 rings (SSSR count). The molecule has 0 bridgehead atoms. The first-order chi connectivity index (χ1) is 7.59. The van der Waals surface area contributed by atoms with Gasteiger partial charge in [0.05, 0.1) is 17.6 Å². The Labute approximate surface area is 106 Å². The van der Waals surface area contributed by atoms with E-state index in [2.05, 4.69) is 18.9 Å². The minimum atomic E-state index is -0.348. The second kappa shape index (κ2) is 5.19. The zero-order chi connectivity index (χ0) is 11.7. The first kappa shape index (κ1) is 13.5. The van der Waals surface area contributed by atoms with E-state index in [4.69, 9.17) is 5.73 Å². The summed E-state index contributed by atoms with van der Waals surface area (Å²) in [6.45, 7) is 4.13. The summed E-state index contributed by atoms with van der Waals surface area (Å²) < 4.78 is 1.92. The van der Waals surface area contributed by atoms with Crippen LogP contribution in [-0.2, 0) is 11.2 Å². The van der Waals surface area contributed by atoms with Gasteiger partial charge < -0.3 is 5.73 Å². The van der Waals surface area contributed by atoms with E-state index >= 15 is 0 Å². The van der Waals surface area contributed by atoms with Crippen molar-refractivity contribution in [1.82, 2.24) is 9.78 Å². The van der Waals surface area contributed by atoms with Gasteiger partial charge in [-0.15, -0.1) is 12.4 Å². The molecule has 0 saturated carbocycles. The van der Waals surface area contributed by atoms with Gasteiger partial charge >= 0.3 is 0 Å². The molecule has 1 amide bonds. The fraction of sp³-hybridized carbons (Fsp3) is 0.333. The second-order valence-corrected chi connectivity index (χ2v) is 4.15.